The minimum absolute atomic E-state index is 0.0311. The Morgan fingerprint density at radius 1 is 0.957 bits per heavy atom. The third-order valence-corrected chi connectivity index (χ3v) is 2.79. The highest BCUT2D eigenvalue weighted by Gasteiger charge is 2.16. The molecule has 3 N–H and O–H groups in total. The van der Waals surface area contributed by atoms with Gasteiger partial charge in [0.2, 0.25) is 0 Å². The second-order valence-electron chi connectivity index (χ2n) is 4.31. The van der Waals surface area contributed by atoms with E-state index in [1.54, 1.807) is 0 Å². The predicted octanol–water partition coefficient (Wildman–Crippen LogP) is 2.85. The Balaban J connectivity index is 2.15. The number of anilines is 2. The standard InChI is InChI=1S/C13H10N4O6/c18-12-7-8(16(20)21)5-6-10(12)15-13(19)14-9-3-1-2-4-11(9)17(22)23/h1-7,18H,(H2,14,15,19). The summed E-state index contributed by atoms with van der Waals surface area (Å²) in [5.74, 6) is -0.503. The minimum Gasteiger partial charge on any atom is -0.506 e. The number of hydrogen-bond acceptors (Lipinski definition) is 6. The van der Waals surface area contributed by atoms with Gasteiger partial charge >= 0.3 is 6.03 Å². The molecule has 0 atom stereocenters. The number of amides is 2. The fraction of sp³-hybridized carbons (Fsp3) is 0. The highest BCUT2D eigenvalue weighted by atomic mass is 16.6. The van der Waals surface area contributed by atoms with Crippen LogP contribution in [0.5, 0.6) is 5.75 Å². The van der Waals surface area contributed by atoms with Gasteiger partial charge in [-0.2, -0.15) is 0 Å². The number of nitrogens with one attached hydrogen (secondary N) is 2. The van der Waals surface area contributed by atoms with Gasteiger partial charge in [0.15, 0.2) is 0 Å². The molecule has 10 nitrogen and oxygen atoms in total. The van der Waals surface area contributed by atoms with Gasteiger partial charge in [-0.1, -0.05) is 12.1 Å². The van der Waals surface area contributed by atoms with Crippen molar-refractivity contribution in [3.05, 3.63) is 62.7 Å². The summed E-state index contributed by atoms with van der Waals surface area (Å²) < 4.78 is 0. The third-order valence-electron chi connectivity index (χ3n) is 2.79. The van der Waals surface area contributed by atoms with E-state index in [4.69, 9.17) is 0 Å². The monoisotopic (exact) mass is 318 g/mol. The van der Waals surface area contributed by atoms with E-state index in [-0.39, 0.29) is 22.7 Å². The summed E-state index contributed by atoms with van der Waals surface area (Å²) in [7, 11) is 0. The molecule has 2 aromatic rings. The van der Waals surface area contributed by atoms with Gasteiger partial charge in [0.1, 0.15) is 11.4 Å². The average molecular weight is 318 g/mol. The molecule has 0 aliphatic carbocycles. The molecule has 0 fully saturated rings. The van der Waals surface area contributed by atoms with Crippen molar-refractivity contribution in [1.82, 2.24) is 0 Å². The van der Waals surface area contributed by atoms with Gasteiger partial charge in [0, 0.05) is 12.1 Å². The molecule has 118 valence electrons. The highest BCUT2D eigenvalue weighted by molar-refractivity contribution is 6.02. The van der Waals surface area contributed by atoms with Crippen molar-refractivity contribution in [3.8, 4) is 5.75 Å². The first-order chi connectivity index (χ1) is 10.9. The summed E-state index contributed by atoms with van der Waals surface area (Å²) in [6, 6.07) is 7.79. The number of benzene rings is 2. The van der Waals surface area contributed by atoms with E-state index < -0.39 is 21.6 Å². The molecule has 0 aliphatic rings. The molecule has 23 heavy (non-hydrogen) atoms. The number of phenols is 1. The van der Waals surface area contributed by atoms with Crippen molar-refractivity contribution in [1.29, 1.82) is 0 Å². The van der Waals surface area contributed by atoms with Crippen molar-refractivity contribution >= 4 is 28.8 Å². The molecule has 0 heterocycles. The third kappa shape index (κ3) is 3.69. The van der Waals surface area contributed by atoms with E-state index in [1.807, 2.05) is 0 Å². The SMILES string of the molecule is O=C(Nc1ccc([N+](=O)[O-])cc1O)Nc1ccccc1[N+](=O)[O-]. The molecule has 2 rings (SSSR count). The molecular weight excluding hydrogens is 308 g/mol. The topological polar surface area (TPSA) is 148 Å². The van der Waals surface area contributed by atoms with E-state index in [0.29, 0.717) is 0 Å². The van der Waals surface area contributed by atoms with Gasteiger partial charge in [-0.25, -0.2) is 4.79 Å². The molecule has 0 aliphatic heterocycles. The van der Waals surface area contributed by atoms with Crippen LogP contribution in [0.2, 0.25) is 0 Å². The first-order valence-electron chi connectivity index (χ1n) is 6.17. The molecule has 0 saturated heterocycles. The lowest BCUT2D eigenvalue weighted by atomic mass is 10.2. The van der Waals surface area contributed by atoms with Crippen molar-refractivity contribution in [2.45, 2.75) is 0 Å². The Kier molecular flexibility index (Phi) is 4.36. The maximum atomic E-state index is 11.8. The second kappa shape index (κ2) is 6.39. The Morgan fingerprint density at radius 2 is 1.61 bits per heavy atom. The zero-order valence-corrected chi connectivity index (χ0v) is 11.4. The summed E-state index contributed by atoms with van der Waals surface area (Å²) in [6.07, 6.45) is 0. The van der Waals surface area contributed by atoms with E-state index in [2.05, 4.69) is 10.6 Å². The fourth-order valence-electron chi connectivity index (χ4n) is 1.75. The van der Waals surface area contributed by atoms with Crippen LogP contribution in [0.3, 0.4) is 0 Å². The number of nitro benzene ring substituents is 2. The molecule has 0 unspecified atom stereocenters. The van der Waals surface area contributed by atoms with Gasteiger partial charge < -0.3 is 15.7 Å². The molecular formula is C13H10N4O6. The Bertz CT molecular complexity index is 792. The Labute approximate surface area is 128 Å². The number of non-ortho nitro benzene ring substituents is 1. The van der Waals surface area contributed by atoms with Gasteiger partial charge in [0.05, 0.1) is 21.6 Å². The Morgan fingerprint density at radius 3 is 2.22 bits per heavy atom. The molecule has 0 bridgehead atoms. The second-order valence-corrected chi connectivity index (χ2v) is 4.31. The van der Waals surface area contributed by atoms with Crippen molar-refractivity contribution < 1.29 is 19.7 Å². The number of phenolic OH excluding ortho intramolecular Hbond substituents is 1. The van der Waals surface area contributed by atoms with Crippen LogP contribution in [0.1, 0.15) is 0 Å². The quantitative estimate of drug-likeness (QED) is 0.448. The number of hydrogen-bond donors (Lipinski definition) is 3. The first kappa shape index (κ1) is 15.7. The summed E-state index contributed by atoms with van der Waals surface area (Å²) in [5, 5.41) is 35.6. The summed E-state index contributed by atoms with van der Waals surface area (Å²) in [6.45, 7) is 0. The lowest BCUT2D eigenvalue weighted by Crippen LogP contribution is -2.20. The number of carbonyl (C=O) groups is 1. The van der Waals surface area contributed by atoms with Gasteiger partial charge in [-0.05, 0) is 12.1 Å². The molecule has 0 saturated carbocycles. The van der Waals surface area contributed by atoms with Crippen LogP contribution in [-0.4, -0.2) is 21.0 Å². The fourth-order valence-corrected chi connectivity index (χ4v) is 1.75. The van der Waals surface area contributed by atoms with Crippen LogP contribution in [0.15, 0.2) is 42.5 Å². The molecule has 2 aromatic carbocycles. The number of rotatable bonds is 4. The number of urea groups is 1. The average Bonchev–Trinajstić information content (AvgIpc) is 2.49. The van der Waals surface area contributed by atoms with E-state index in [1.165, 1.54) is 24.3 Å². The van der Waals surface area contributed by atoms with Crippen LogP contribution >= 0.6 is 0 Å². The number of nitrogens with zero attached hydrogens (tertiary/aromatic N) is 2. The zero-order chi connectivity index (χ0) is 17.0. The lowest BCUT2D eigenvalue weighted by molar-refractivity contribution is -0.384. The minimum atomic E-state index is -0.844. The summed E-state index contributed by atoms with van der Waals surface area (Å²) >= 11 is 0. The number of nitro groups is 2. The van der Waals surface area contributed by atoms with E-state index >= 15 is 0 Å². The largest absolute Gasteiger partial charge is 0.506 e. The number of para-hydroxylation sites is 2. The maximum absolute atomic E-state index is 11.8. The maximum Gasteiger partial charge on any atom is 0.323 e. The van der Waals surface area contributed by atoms with Gasteiger partial charge in [0.25, 0.3) is 11.4 Å². The van der Waals surface area contributed by atoms with Crippen molar-refractivity contribution in [3.63, 3.8) is 0 Å². The van der Waals surface area contributed by atoms with Crippen LogP contribution in [0, 0.1) is 20.2 Å². The molecule has 10 heteroatoms. The van der Waals surface area contributed by atoms with Crippen LogP contribution in [0.25, 0.3) is 0 Å². The van der Waals surface area contributed by atoms with Crippen LogP contribution in [-0.2, 0) is 0 Å². The Hall–Kier alpha value is -3.69. The highest BCUT2D eigenvalue weighted by Crippen LogP contribution is 2.28. The molecule has 0 spiro atoms. The summed E-state index contributed by atoms with van der Waals surface area (Å²) in [4.78, 5) is 31.9. The van der Waals surface area contributed by atoms with Crippen LogP contribution < -0.4 is 10.6 Å². The first-order valence-corrected chi connectivity index (χ1v) is 6.17. The predicted molar refractivity (Wildman–Crippen MR) is 80.5 cm³/mol. The van der Waals surface area contributed by atoms with Crippen molar-refractivity contribution in [2.75, 3.05) is 10.6 Å². The molecule has 2 amide bonds. The van der Waals surface area contributed by atoms with E-state index in [9.17, 15) is 30.1 Å². The van der Waals surface area contributed by atoms with Gasteiger partial charge in [-0.15, -0.1) is 0 Å². The van der Waals surface area contributed by atoms with Crippen molar-refractivity contribution in [2.24, 2.45) is 0 Å². The van der Waals surface area contributed by atoms with E-state index in [0.717, 1.165) is 18.2 Å². The smallest absolute Gasteiger partial charge is 0.323 e. The molecule has 0 aromatic heterocycles. The van der Waals surface area contributed by atoms with Gasteiger partial charge in [-0.3, -0.25) is 20.2 Å². The number of carbonyl (C=O) groups excluding carboxylic acids is 1. The summed E-state index contributed by atoms with van der Waals surface area (Å²) in [5.41, 5.74) is -0.745. The van der Waals surface area contributed by atoms with Crippen LogP contribution in [0.4, 0.5) is 27.5 Å². The zero-order valence-electron chi connectivity index (χ0n) is 11.4. The lowest BCUT2D eigenvalue weighted by Gasteiger charge is -2.09. The molecule has 0 radical (unpaired) electrons. The normalized spacial score (nSPS) is 9.91. The number of aromatic hydroxyl groups is 1.